The van der Waals surface area contributed by atoms with Gasteiger partial charge in [-0.25, -0.2) is 9.07 Å². The lowest BCUT2D eigenvalue weighted by molar-refractivity contribution is -0.122. The molecule has 118 valence electrons. The first kappa shape index (κ1) is 15.3. The molecule has 0 fully saturated rings. The molecule has 1 N–H and O–H groups in total. The Balaban J connectivity index is 1.73. The van der Waals surface area contributed by atoms with E-state index in [2.05, 4.69) is 20.8 Å². The Labute approximate surface area is 136 Å². The third-order valence-corrected chi connectivity index (χ3v) is 4.34. The number of tetrazole rings is 1. The van der Waals surface area contributed by atoms with E-state index in [-0.39, 0.29) is 29.9 Å². The van der Waals surface area contributed by atoms with E-state index in [4.69, 9.17) is 0 Å². The van der Waals surface area contributed by atoms with Crippen LogP contribution in [0.5, 0.6) is 0 Å². The van der Waals surface area contributed by atoms with Gasteiger partial charge >= 0.3 is 0 Å². The third-order valence-electron chi connectivity index (χ3n) is 3.29. The molecular weight excluding hydrogens is 317 g/mol. The number of halogens is 1. The predicted octanol–water partition coefficient (Wildman–Crippen LogP) is 2.42. The van der Waals surface area contributed by atoms with Crippen LogP contribution < -0.4 is 5.32 Å². The Morgan fingerprint density at radius 1 is 1.35 bits per heavy atom. The number of carbonyl (C=O) groups is 1. The molecule has 0 radical (unpaired) electrons. The lowest BCUT2D eigenvalue weighted by atomic mass is 10.2. The number of aromatic nitrogens is 4. The van der Waals surface area contributed by atoms with Gasteiger partial charge in [-0.3, -0.25) is 4.79 Å². The zero-order valence-corrected chi connectivity index (χ0v) is 13.1. The monoisotopic (exact) mass is 331 g/mol. The van der Waals surface area contributed by atoms with Crippen molar-refractivity contribution >= 4 is 17.2 Å². The molecule has 0 spiro atoms. The van der Waals surface area contributed by atoms with E-state index in [1.165, 1.54) is 10.7 Å². The fraction of sp³-hybridized carbons (Fsp3) is 0.200. The van der Waals surface area contributed by atoms with E-state index in [9.17, 15) is 9.18 Å². The van der Waals surface area contributed by atoms with E-state index in [0.29, 0.717) is 0 Å². The second-order valence-electron chi connectivity index (χ2n) is 4.94. The summed E-state index contributed by atoms with van der Waals surface area (Å²) in [6.45, 7) is 1.83. The number of hydrogen-bond donors (Lipinski definition) is 1. The Bertz CT molecular complexity index is 802. The fourth-order valence-corrected chi connectivity index (χ4v) is 2.91. The minimum atomic E-state index is -0.434. The van der Waals surface area contributed by atoms with Gasteiger partial charge < -0.3 is 5.32 Å². The molecule has 0 saturated carbocycles. The quantitative estimate of drug-likeness (QED) is 0.779. The van der Waals surface area contributed by atoms with Crippen molar-refractivity contribution < 1.29 is 9.18 Å². The molecule has 0 unspecified atom stereocenters. The lowest BCUT2D eigenvalue weighted by Crippen LogP contribution is -2.30. The smallest absolute Gasteiger partial charge is 0.242 e. The Morgan fingerprint density at radius 3 is 2.91 bits per heavy atom. The van der Waals surface area contributed by atoms with Gasteiger partial charge in [0.2, 0.25) is 5.91 Å². The van der Waals surface area contributed by atoms with Gasteiger partial charge in [-0.2, -0.15) is 0 Å². The van der Waals surface area contributed by atoms with Crippen LogP contribution in [-0.4, -0.2) is 26.1 Å². The molecule has 0 bridgehead atoms. The molecule has 0 aliphatic heterocycles. The number of carbonyl (C=O) groups excluding carboxylic acids is 1. The molecule has 1 aromatic carbocycles. The molecule has 0 aliphatic rings. The molecule has 2 aromatic heterocycles. The van der Waals surface area contributed by atoms with Gasteiger partial charge in [0.05, 0.1) is 11.6 Å². The maximum atomic E-state index is 13.9. The van der Waals surface area contributed by atoms with Crippen molar-refractivity contribution in [3.05, 3.63) is 52.5 Å². The number of nitrogens with zero attached hydrogens (tertiary/aromatic N) is 4. The number of nitrogens with one attached hydrogen (secondary N) is 1. The summed E-state index contributed by atoms with van der Waals surface area (Å²) in [4.78, 5) is 13.2. The molecule has 0 aliphatic carbocycles. The van der Waals surface area contributed by atoms with Gasteiger partial charge in [-0.15, -0.1) is 16.4 Å². The number of rotatable bonds is 5. The summed E-state index contributed by atoms with van der Waals surface area (Å²) in [7, 11) is 0. The number of amides is 1. The minimum absolute atomic E-state index is 0.0770. The summed E-state index contributed by atoms with van der Waals surface area (Å²) < 4.78 is 15.1. The molecule has 23 heavy (non-hydrogen) atoms. The highest BCUT2D eigenvalue weighted by atomic mass is 32.1. The molecule has 3 aromatic rings. The second-order valence-corrected chi connectivity index (χ2v) is 5.92. The molecule has 8 heteroatoms. The average molecular weight is 331 g/mol. The van der Waals surface area contributed by atoms with Crippen LogP contribution in [0.1, 0.15) is 17.8 Å². The van der Waals surface area contributed by atoms with Crippen molar-refractivity contribution in [3.63, 3.8) is 0 Å². The molecule has 3 rings (SSSR count). The highest BCUT2D eigenvalue weighted by Gasteiger charge is 2.17. The topological polar surface area (TPSA) is 72.7 Å². The van der Waals surface area contributed by atoms with Crippen LogP contribution >= 0.6 is 11.3 Å². The van der Waals surface area contributed by atoms with Crippen molar-refractivity contribution in [1.29, 1.82) is 0 Å². The number of thiophene rings is 1. The molecular formula is C15H14FN5OS. The molecule has 1 amide bonds. The highest BCUT2D eigenvalue weighted by Crippen LogP contribution is 2.20. The Hall–Kier alpha value is -2.61. The fourth-order valence-electron chi connectivity index (χ4n) is 2.18. The normalized spacial score (nSPS) is 12.1. The first-order chi connectivity index (χ1) is 11.1. The van der Waals surface area contributed by atoms with Crippen LogP contribution in [0.4, 0.5) is 4.39 Å². The van der Waals surface area contributed by atoms with Crippen molar-refractivity contribution in [2.45, 2.75) is 19.5 Å². The molecule has 6 nitrogen and oxygen atoms in total. The SMILES string of the molecule is C[C@@H](NC(=O)Cn1nnnc1-c1ccccc1F)c1cccs1. The van der Waals surface area contributed by atoms with Gasteiger partial charge in [0.25, 0.3) is 0 Å². The van der Waals surface area contributed by atoms with Gasteiger partial charge in [0, 0.05) is 4.88 Å². The van der Waals surface area contributed by atoms with Crippen molar-refractivity contribution in [3.8, 4) is 11.4 Å². The van der Waals surface area contributed by atoms with Crippen LogP contribution in [0, 0.1) is 5.82 Å². The second kappa shape index (κ2) is 6.66. The zero-order chi connectivity index (χ0) is 16.2. The largest absolute Gasteiger partial charge is 0.347 e. The standard InChI is InChI=1S/C15H14FN5OS/c1-10(13-7-4-8-23-13)17-14(22)9-21-15(18-19-20-21)11-5-2-3-6-12(11)16/h2-8,10H,9H2,1H3,(H,17,22)/t10-/m1/s1. The van der Waals surface area contributed by atoms with E-state index in [1.54, 1.807) is 29.5 Å². The first-order valence-electron chi connectivity index (χ1n) is 6.99. The summed E-state index contributed by atoms with van der Waals surface area (Å²) in [5.74, 6) is -0.450. The van der Waals surface area contributed by atoms with Crippen LogP contribution in [0.15, 0.2) is 41.8 Å². The first-order valence-corrected chi connectivity index (χ1v) is 7.87. The van der Waals surface area contributed by atoms with E-state index < -0.39 is 5.82 Å². The van der Waals surface area contributed by atoms with E-state index in [0.717, 1.165) is 4.88 Å². The van der Waals surface area contributed by atoms with Gasteiger partial charge in [0.15, 0.2) is 5.82 Å². The van der Waals surface area contributed by atoms with Crippen molar-refractivity contribution in [2.75, 3.05) is 0 Å². The van der Waals surface area contributed by atoms with E-state index >= 15 is 0 Å². The molecule has 2 heterocycles. The Kier molecular flexibility index (Phi) is 4.42. The number of benzene rings is 1. The summed E-state index contributed by atoms with van der Waals surface area (Å²) in [5, 5.41) is 16.0. The Morgan fingerprint density at radius 2 is 2.17 bits per heavy atom. The summed E-state index contributed by atoms with van der Waals surface area (Å²) in [6, 6.07) is 9.96. The predicted molar refractivity (Wildman–Crippen MR) is 84.1 cm³/mol. The third kappa shape index (κ3) is 3.42. The van der Waals surface area contributed by atoms with Gasteiger partial charge in [0.1, 0.15) is 12.4 Å². The minimum Gasteiger partial charge on any atom is -0.347 e. The van der Waals surface area contributed by atoms with Crippen LogP contribution in [0.3, 0.4) is 0 Å². The summed E-state index contributed by atoms with van der Waals surface area (Å²) >= 11 is 1.57. The summed E-state index contributed by atoms with van der Waals surface area (Å²) in [6.07, 6.45) is 0. The van der Waals surface area contributed by atoms with Crippen LogP contribution in [0.25, 0.3) is 11.4 Å². The highest BCUT2D eigenvalue weighted by molar-refractivity contribution is 7.10. The van der Waals surface area contributed by atoms with Gasteiger partial charge in [-0.05, 0) is 40.9 Å². The van der Waals surface area contributed by atoms with Gasteiger partial charge in [-0.1, -0.05) is 18.2 Å². The average Bonchev–Trinajstić information content (AvgIpc) is 3.19. The molecule has 0 saturated heterocycles. The van der Waals surface area contributed by atoms with Crippen molar-refractivity contribution in [2.24, 2.45) is 0 Å². The van der Waals surface area contributed by atoms with Crippen LogP contribution in [-0.2, 0) is 11.3 Å². The lowest BCUT2D eigenvalue weighted by Gasteiger charge is -2.12. The number of hydrogen-bond acceptors (Lipinski definition) is 5. The summed E-state index contributed by atoms with van der Waals surface area (Å²) in [5.41, 5.74) is 0.261. The zero-order valence-electron chi connectivity index (χ0n) is 12.3. The van der Waals surface area contributed by atoms with E-state index in [1.807, 2.05) is 24.4 Å². The maximum Gasteiger partial charge on any atom is 0.242 e. The van der Waals surface area contributed by atoms with Crippen molar-refractivity contribution in [1.82, 2.24) is 25.5 Å². The van der Waals surface area contributed by atoms with Crippen LogP contribution in [0.2, 0.25) is 0 Å². The molecule has 1 atom stereocenters. The maximum absolute atomic E-state index is 13.9.